The Labute approximate surface area is 305 Å². The Balaban J connectivity index is 1.34. The average Bonchev–Trinajstić information content (AvgIpc) is 3.45. The number of ether oxygens (including phenoxy) is 2. The fraction of sp³-hybridized carbons (Fsp3) is 0.450. The highest BCUT2D eigenvalue weighted by atomic mass is 32.2. The van der Waals surface area contributed by atoms with Crippen molar-refractivity contribution in [2.24, 2.45) is 5.92 Å². The van der Waals surface area contributed by atoms with Gasteiger partial charge in [0.05, 0.1) is 17.8 Å². The third-order valence-corrected chi connectivity index (χ3v) is 9.69. The Morgan fingerprint density at radius 1 is 0.882 bits per heavy atom. The fourth-order valence-corrected chi connectivity index (χ4v) is 7.18. The van der Waals surface area contributed by atoms with Gasteiger partial charge in [-0.2, -0.15) is 0 Å². The van der Waals surface area contributed by atoms with Crippen LogP contribution in [0.4, 0.5) is 9.59 Å². The molecule has 3 aromatic carbocycles. The summed E-state index contributed by atoms with van der Waals surface area (Å²) in [5, 5.41) is 12.8. The van der Waals surface area contributed by atoms with Crippen LogP contribution in [0.1, 0.15) is 81.6 Å². The van der Waals surface area contributed by atoms with Crippen LogP contribution in [0.5, 0.6) is 0 Å². The Hall–Kier alpha value is -4.51. The normalized spacial score (nSPS) is 14.0. The van der Waals surface area contributed by atoms with E-state index in [0.717, 1.165) is 45.6 Å². The number of aromatic carboxylic acids is 1. The Kier molecular flexibility index (Phi) is 12.0. The number of thioether (sulfide) groups is 1. The third kappa shape index (κ3) is 10.7. The van der Waals surface area contributed by atoms with E-state index in [2.05, 4.69) is 34.9 Å². The van der Waals surface area contributed by atoms with Crippen LogP contribution in [0.25, 0.3) is 10.8 Å². The van der Waals surface area contributed by atoms with E-state index in [1.807, 2.05) is 72.0 Å². The van der Waals surface area contributed by atoms with Crippen LogP contribution in [0.15, 0.2) is 78.1 Å². The maximum atomic E-state index is 13.5. The van der Waals surface area contributed by atoms with Gasteiger partial charge in [-0.05, 0) is 88.3 Å². The maximum Gasteiger partial charge on any atom is 0.410 e. The number of piperidine rings is 1. The molecule has 0 saturated carbocycles. The monoisotopic (exact) mass is 714 g/mol. The van der Waals surface area contributed by atoms with Crippen molar-refractivity contribution < 1.29 is 29.0 Å². The molecule has 272 valence electrons. The number of carboxylic acid groups (broad SMARTS) is 1. The van der Waals surface area contributed by atoms with E-state index < -0.39 is 17.2 Å². The van der Waals surface area contributed by atoms with Crippen molar-refractivity contribution in [1.29, 1.82) is 0 Å². The van der Waals surface area contributed by atoms with Crippen LogP contribution in [0.3, 0.4) is 0 Å². The number of likely N-dealkylation sites (tertiary alicyclic amines) is 1. The van der Waals surface area contributed by atoms with Crippen molar-refractivity contribution in [3.63, 3.8) is 0 Å². The number of aromatic nitrogens is 2. The highest BCUT2D eigenvalue weighted by Gasteiger charge is 2.30. The second-order valence-electron chi connectivity index (χ2n) is 15.1. The number of rotatable bonds is 11. The summed E-state index contributed by atoms with van der Waals surface area (Å²) in [6.07, 6.45) is 3.40. The van der Waals surface area contributed by atoms with Gasteiger partial charge in [-0.3, -0.25) is 0 Å². The predicted octanol–water partition coefficient (Wildman–Crippen LogP) is 8.50. The molecule has 1 aliphatic rings. The first-order chi connectivity index (χ1) is 24.1. The van der Waals surface area contributed by atoms with E-state index >= 15 is 0 Å². The van der Waals surface area contributed by atoms with Crippen LogP contribution in [-0.2, 0) is 28.2 Å². The van der Waals surface area contributed by atoms with Crippen molar-refractivity contribution in [2.75, 3.05) is 26.2 Å². The molecule has 0 aliphatic carbocycles. The second kappa shape index (κ2) is 16.2. The lowest BCUT2D eigenvalue weighted by atomic mass is 9.96. The number of hydrogen-bond acceptors (Lipinski definition) is 7. The molecule has 2 heterocycles. The van der Waals surface area contributed by atoms with Crippen molar-refractivity contribution in [3.8, 4) is 0 Å². The van der Waals surface area contributed by atoms with E-state index in [4.69, 9.17) is 14.5 Å². The number of fused-ring (bicyclic) bond motifs is 1. The van der Waals surface area contributed by atoms with Crippen molar-refractivity contribution >= 4 is 40.7 Å². The van der Waals surface area contributed by atoms with Crippen molar-refractivity contribution in [1.82, 2.24) is 19.4 Å². The molecule has 0 atom stereocenters. The minimum Gasteiger partial charge on any atom is -0.478 e. The number of nitrogens with zero attached hydrogens (tertiary/aromatic N) is 4. The van der Waals surface area contributed by atoms with Crippen LogP contribution in [-0.4, -0.2) is 80.0 Å². The van der Waals surface area contributed by atoms with E-state index in [1.54, 1.807) is 21.9 Å². The van der Waals surface area contributed by atoms with Crippen LogP contribution < -0.4 is 0 Å². The fourth-order valence-electron chi connectivity index (χ4n) is 6.18. The van der Waals surface area contributed by atoms with Gasteiger partial charge in [-0.25, -0.2) is 19.4 Å². The highest BCUT2D eigenvalue weighted by molar-refractivity contribution is 7.98. The number of carbonyl (C=O) groups excluding carboxylic acids is 2. The predicted molar refractivity (Wildman–Crippen MR) is 200 cm³/mol. The molecule has 0 unspecified atom stereocenters. The van der Waals surface area contributed by atoms with E-state index in [0.29, 0.717) is 44.9 Å². The number of carbonyl (C=O) groups is 3. The Bertz CT molecular complexity index is 1830. The summed E-state index contributed by atoms with van der Waals surface area (Å²) in [5.74, 6) is -0.301. The Morgan fingerprint density at radius 3 is 2.24 bits per heavy atom. The summed E-state index contributed by atoms with van der Waals surface area (Å²) < 4.78 is 13.5. The number of hydrogen-bond donors (Lipinski definition) is 1. The lowest BCUT2D eigenvalue weighted by molar-refractivity contribution is 0.00988. The zero-order valence-electron chi connectivity index (χ0n) is 30.6. The molecule has 1 aromatic heterocycles. The van der Waals surface area contributed by atoms with E-state index in [1.165, 1.54) is 11.8 Å². The molecule has 1 N–H and O–H groups in total. The molecule has 0 radical (unpaired) electrons. The SMILES string of the molecule is CC(C)(C)OC(=O)N1CCC(CN(CCc2cn(Cc3cccc4ccccc34)c(SCc3ccccc3C(=O)O)n2)C(=O)OC(C)(C)C)CC1. The number of carboxylic acids is 1. The lowest BCUT2D eigenvalue weighted by Gasteiger charge is -2.36. The van der Waals surface area contributed by atoms with Gasteiger partial charge in [-0.15, -0.1) is 0 Å². The summed E-state index contributed by atoms with van der Waals surface area (Å²) in [4.78, 5) is 46.6. The standard InChI is InChI=1S/C40H50N4O6S/c1-39(2,3)49-37(47)42-21-18-28(19-22-42)24-43(38(48)50-40(4,5)6)23-20-32-26-44(25-30-15-11-14-29-12-7-9-16-33(29)30)36(41-32)51-27-31-13-8-10-17-34(31)35(45)46/h7-17,26,28H,18-25,27H2,1-6H3,(H,45,46). The number of amides is 2. The minimum absolute atomic E-state index is 0.209. The summed E-state index contributed by atoms with van der Waals surface area (Å²) >= 11 is 1.50. The summed E-state index contributed by atoms with van der Waals surface area (Å²) in [6, 6.07) is 21.6. The van der Waals surface area contributed by atoms with Crippen molar-refractivity contribution in [3.05, 3.63) is 95.3 Å². The molecule has 10 nitrogen and oxygen atoms in total. The topological polar surface area (TPSA) is 114 Å². The number of imidazole rings is 1. The zero-order valence-corrected chi connectivity index (χ0v) is 31.4. The quantitative estimate of drug-likeness (QED) is 0.154. The molecular weight excluding hydrogens is 665 g/mol. The van der Waals surface area contributed by atoms with E-state index in [-0.39, 0.29) is 23.7 Å². The molecule has 1 aliphatic heterocycles. The second-order valence-corrected chi connectivity index (χ2v) is 16.1. The average molecular weight is 715 g/mol. The van der Waals surface area contributed by atoms with E-state index in [9.17, 15) is 19.5 Å². The molecule has 5 rings (SSSR count). The van der Waals surface area contributed by atoms with Gasteiger partial charge < -0.3 is 28.9 Å². The molecular formula is C40H50N4O6S. The third-order valence-electron chi connectivity index (χ3n) is 8.65. The summed E-state index contributed by atoms with van der Waals surface area (Å²) in [5.41, 5.74) is 1.79. The first-order valence-electron chi connectivity index (χ1n) is 17.6. The smallest absolute Gasteiger partial charge is 0.410 e. The van der Waals surface area contributed by atoms with Gasteiger partial charge in [-0.1, -0.05) is 72.4 Å². The maximum absolute atomic E-state index is 13.5. The Morgan fingerprint density at radius 2 is 1.53 bits per heavy atom. The molecule has 1 saturated heterocycles. The zero-order chi connectivity index (χ0) is 36.8. The number of benzene rings is 3. The first-order valence-corrected chi connectivity index (χ1v) is 18.6. The van der Waals surface area contributed by atoms with Crippen LogP contribution in [0, 0.1) is 5.92 Å². The van der Waals surface area contributed by atoms with Crippen LogP contribution >= 0.6 is 11.8 Å². The van der Waals surface area contributed by atoms with Gasteiger partial charge in [0.1, 0.15) is 11.2 Å². The van der Waals surface area contributed by atoms with Gasteiger partial charge in [0.25, 0.3) is 0 Å². The van der Waals surface area contributed by atoms with Gasteiger partial charge in [0, 0.05) is 44.5 Å². The van der Waals surface area contributed by atoms with Crippen molar-refractivity contribution in [2.45, 2.75) is 89.5 Å². The molecule has 51 heavy (non-hydrogen) atoms. The molecule has 11 heteroatoms. The minimum atomic E-state index is -0.955. The molecule has 2 amide bonds. The molecule has 4 aromatic rings. The van der Waals surface area contributed by atoms with Gasteiger partial charge >= 0.3 is 18.2 Å². The highest BCUT2D eigenvalue weighted by Crippen LogP contribution is 2.28. The first kappa shape index (κ1) is 37.7. The van der Waals surface area contributed by atoms with Gasteiger partial charge in [0.2, 0.25) is 0 Å². The molecule has 0 spiro atoms. The lowest BCUT2D eigenvalue weighted by Crippen LogP contribution is -2.45. The summed E-state index contributed by atoms with van der Waals surface area (Å²) in [7, 11) is 0. The largest absolute Gasteiger partial charge is 0.478 e. The van der Waals surface area contributed by atoms with Gasteiger partial charge in [0.15, 0.2) is 5.16 Å². The van der Waals surface area contributed by atoms with Crippen LogP contribution in [0.2, 0.25) is 0 Å². The summed E-state index contributed by atoms with van der Waals surface area (Å²) in [6.45, 7) is 13.9. The molecule has 0 bridgehead atoms. The molecule has 1 fully saturated rings.